The molecule has 3 atom stereocenters. The number of hydrogen-bond acceptors (Lipinski definition) is 5. The predicted molar refractivity (Wildman–Crippen MR) is 272 cm³/mol. The van der Waals surface area contributed by atoms with Crippen molar-refractivity contribution in [1.29, 1.82) is 0 Å². The maximum atomic E-state index is 12.8. The Morgan fingerprint density at radius 2 is 0.921 bits per heavy atom. The third kappa shape index (κ3) is 48.2. The van der Waals surface area contributed by atoms with Crippen LogP contribution in [0.1, 0.15) is 239 Å². The lowest BCUT2D eigenvalue weighted by atomic mass is 10.0. The fraction of sp³-hybridized carbons (Fsp3) is 0.833. The van der Waals surface area contributed by atoms with Crippen LogP contribution in [0.4, 0.5) is 0 Å². The van der Waals surface area contributed by atoms with Gasteiger partial charge in [0.25, 0.3) is 0 Å². The molecule has 0 fully saturated rings. The highest BCUT2D eigenvalue weighted by Crippen LogP contribution is 2.43. The molecular weight excluding hydrogens is 804 g/mol. The second-order valence-corrected chi connectivity index (χ2v) is 20.7. The number of quaternary nitrogens is 1. The summed E-state index contributed by atoms with van der Waals surface area (Å²) in [6.07, 6.45) is 60.1. The summed E-state index contributed by atoms with van der Waals surface area (Å²) in [4.78, 5) is 22.9. The van der Waals surface area contributed by atoms with Crippen molar-refractivity contribution in [1.82, 2.24) is 5.32 Å². The van der Waals surface area contributed by atoms with Crippen LogP contribution in [0.2, 0.25) is 0 Å². The first-order chi connectivity index (χ1) is 30.5. The maximum Gasteiger partial charge on any atom is 0.472 e. The van der Waals surface area contributed by atoms with E-state index in [2.05, 4.69) is 55.6 Å². The number of aliphatic hydroxyl groups excluding tert-OH is 1. The summed E-state index contributed by atoms with van der Waals surface area (Å²) in [5.41, 5.74) is 0. The van der Waals surface area contributed by atoms with E-state index in [4.69, 9.17) is 9.05 Å². The molecule has 0 radical (unpaired) electrons. The topological polar surface area (TPSA) is 105 Å². The van der Waals surface area contributed by atoms with Crippen LogP contribution < -0.4 is 5.32 Å². The lowest BCUT2D eigenvalue weighted by molar-refractivity contribution is -0.870. The van der Waals surface area contributed by atoms with Crippen molar-refractivity contribution in [3.8, 4) is 0 Å². The number of amides is 1. The van der Waals surface area contributed by atoms with Gasteiger partial charge in [-0.15, -0.1) is 0 Å². The van der Waals surface area contributed by atoms with Crippen molar-refractivity contribution < 1.29 is 32.9 Å². The highest BCUT2D eigenvalue weighted by molar-refractivity contribution is 7.47. The molecule has 0 aromatic carbocycles. The van der Waals surface area contributed by atoms with E-state index in [1.807, 2.05) is 27.2 Å². The minimum absolute atomic E-state index is 0.0608. The summed E-state index contributed by atoms with van der Waals surface area (Å²) in [5, 5.41) is 13.6. The third-order valence-corrected chi connectivity index (χ3v) is 12.8. The first kappa shape index (κ1) is 61.5. The molecule has 0 aliphatic heterocycles. The number of nitrogens with zero attached hydrogens (tertiary/aromatic N) is 1. The van der Waals surface area contributed by atoms with Gasteiger partial charge in [-0.3, -0.25) is 13.8 Å². The van der Waals surface area contributed by atoms with Crippen LogP contribution in [0.5, 0.6) is 0 Å². The molecule has 0 saturated heterocycles. The summed E-state index contributed by atoms with van der Waals surface area (Å²) in [5.74, 6) is -0.184. The zero-order chi connectivity index (χ0) is 46.4. The van der Waals surface area contributed by atoms with E-state index < -0.39 is 20.0 Å². The van der Waals surface area contributed by atoms with E-state index in [1.165, 1.54) is 167 Å². The van der Waals surface area contributed by atoms with Crippen LogP contribution in [0, 0.1) is 0 Å². The number of nitrogens with one attached hydrogen (secondary N) is 1. The molecule has 3 N–H and O–H groups in total. The van der Waals surface area contributed by atoms with Gasteiger partial charge in [-0.05, 0) is 51.4 Å². The van der Waals surface area contributed by atoms with Gasteiger partial charge < -0.3 is 19.8 Å². The predicted octanol–water partition coefficient (Wildman–Crippen LogP) is 15.6. The highest BCUT2D eigenvalue weighted by atomic mass is 31.2. The van der Waals surface area contributed by atoms with Crippen molar-refractivity contribution in [2.45, 2.75) is 251 Å². The average Bonchev–Trinajstić information content (AvgIpc) is 3.24. The van der Waals surface area contributed by atoms with Crippen LogP contribution in [-0.4, -0.2) is 73.4 Å². The van der Waals surface area contributed by atoms with Crippen molar-refractivity contribution in [3.05, 3.63) is 48.6 Å². The van der Waals surface area contributed by atoms with Gasteiger partial charge in [0.1, 0.15) is 13.2 Å². The van der Waals surface area contributed by atoms with Crippen LogP contribution in [0.15, 0.2) is 48.6 Å². The Morgan fingerprint density at radius 1 is 0.540 bits per heavy atom. The van der Waals surface area contributed by atoms with Crippen LogP contribution in [0.25, 0.3) is 0 Å². The molecule has 8 nitrogen and oxygen atoms in total. The molecule has 1 amide bonds. The number of carbonyl (C=O) groups is 1. The number of phosphoric ester groups is 1. The molecule has 370 valence electrons. The number of allylic oxidation sites excluding steroid dienone is 7. The highest BCUT2D eigenvalue weighted by Gasteiger charge is 2.27. The second kappa shape index (κ2) is 45.6. The molecule has 3 unspecified atom stereocenters. The first-order valence-corrected chi connectivity index (χ1v) is 28.0. The molecule has 9 heteroatoms. The van der Waals surface area contributed by atoms with Crippen LogP contribution in [-0.2, 0) is 18.4 Å². The van der Waals surface area contributed by atoms with E-state index in [0.29, 0.717) is 17.4 Å². The molecule has 0 aromatic rings. The summed E-state index contributed by atoms with van der Waals surface area (Å²) >= 11 is 0. The van der Waals surface area contributed by atoms with Gasteiger partial charge in [0.15, 0.2) is 0 Å². The number of phosphoric acid groups is 1. The SMILES string of the molecule is CCCC/C=C/C(O)C(COP(=O)(O)OCC[N+](C)(C)C)NC(=O)CCCCCCCCCCCCCCCCCCCCCCCC/C=C\C/C=C\C/C=C\CCCCCCC. The number of unbranched alkanes of at least 4 members (excludes halogenated alkanes) is 29. The fourth-order valence-corrected chi connectivity index (χ4v) is 8.30. The molecule has 63 heavy (non-hydrogen) atoms. The molecule has 0 rings (SSSR count). The zero-order valence-corrected chi connectivity index (χ0v) is 43.0. The number of carbonyl (C=O) groups excluding carboxylic acids is 1. The smallest absolute Gasteiger partial charge is 0.387 e. The average molecular weight is 908 g/mol. The van der Waals surface area contributed by atoms with Crippen molar-refractivity contribution in [2.75, 3.05) is 40.9 Å². The number of likely N-dealkylation sites (N-methyl/N-ethyl adjacent to an activating group) is 1. The number of aliphatic hydroxyl groups is 1. The minimum Gasteiger partial charge on any atom is -0.387 e. The summed E-state index contributed by atoms with van der Waals surface area (Å²) in [6, 6.07) is -0.840. The molecule has 0 aromatic heterocycles. The van der Waals surface area contributed by atoms with Crippen molar-refractivity contribution >= 4 is 13.7 Å². The van der Waals surface area contributed by atoms with E-state index in [0.717, 1.165) is 51.4 Å². The standard InChI is InChI=1S/C54H103N2O6P/c1-6-8-10-12-13-14-15-16-17-18-19-20-21-22-23-24-25-26-27-28-29-30-31-32-33-34-35-36-37-38-39-40-41-42-43-44-46-48-54(58)55-52(53(57)47-45-11-9-7-2)51-62-63(59,60)61-50-49-56(3,4)5/h15-16,18-19,21-22,45,47,52-53,57H,6-14,17,20,23-44,46,48-51H2,1-5H3,(H-,55,58,59,60)/p+1/b16-15-,19-18-,22-21-,47-45+. The van der Waals surface area contributed by atoms with E-state index in [-0.39, 0.29) is 19.1 Å². The number of hydrogen-bond donors (Lipinski definition) is 3. The van der Waals surface area contributed by atoms with Crippen molar-refractivity contribution in [3.63, 3.8) is 0 Å². The summed E-state index contributed by atoms with van der Waals surface area (Å²) < 4.78 is 23.3. The molecule has 0 aliphatic rings. The Morgan fingerprint density at radius 3 is 1.35 bits per heavy atom. The van der Waals surface area contributed by atoms with Gasteiger partial charge in [-0.2, -0.15) is 0 Å². The number of rotatable bonds is 48. The minimum atomic E-state index is -4.32. The largest absolute Gasteiger partial charge is 0.472 e. The molecule has 0 bridgehead atoms. The Balaban J connectivity index is 3.69. The normalized spacial score (nSPS) is 14.5. The monoisotopic (exact) mass is 908 g/mol. The molecule has 0 aliphatic carbocycles. The Labute approximate surface area is 390 Å². The fourth-order valence-electron chi connectivity index (χ4n) is 7.56. The molecular formula is C54H104N2O6P+. The van der Waals surface area contributed by atoms with Gasteiger partial charge in [0.2, 0.25) is 5.91 Å². The quantitative estimate of drug-likeness (QED) is 0.0243. The third-order valence-electron chi connectivity index (χ3n) is 11.8. The Hall–Kier alpha value is -1.54. The summed E-state index contributed by atoms with van der Waals surface area (Å²) in [7, 11) is 1.57. The second-order valence-electron chi connectivity index (χ2n) is 19.3. The van der Waals surface area contributed by atoms with Crippen LogP contribution in [0.3, 0.4) is 0 Å². The van der Waals surface area contributed by atoms with E-state index in [9.17, 15) is 19.4 Å². The first-order valence-electron chi connectivity index (χ1n) is 26.5. The molecule has 0 heterocycles. The lowest BCUT2D eigenvalue weighted by Crippen LogP contribution is -2.45. The lowest BCUT2D eigenvalue weighted by Gasteiger charge is -2.25. The van der Waals surface area contributed by atoms with Gasteiger partial charge in [0, 0.05) is 6.42 Å². The molecule has 0 spiro atoms. The summed E-state index contributed by atoms with van der Waals surface area (Å²) in [6.45, 7) is 4.65. The van der Waals surface area contributed by atoms with Gasteiger partial charge in [-0.1, -0.05) is 229 Å². The van der Waals surface area contributed by atoms with E-state index >= 15 is 0 Å². The van der Waals surface area contributed by atoms with Gasteiger partial charge >= 0.3 is 7.82 Å². The van der Waals surface area contributed by atoms with Crippen LogP contribution >= 0.6 is 7.82 Å². The Kier molecular flexibility index (Phi) is 44.5. The van der Waals surface area contributed by atoms with Gasteiger partial charge in [-0.25, -0.2) is 4.57 Å². The maximum absolute atomic E-state index is 12.8. The zero-order valence-electron chi connectivity index (χ0n) is 42.1. The Bertz CT molecular complexity index is 1170. The van der Waals surface area contributed by atoms with E-state index in [1.54, 1.807) is 6.08 Å². The van der Waals surface area contributed by atoms with Gasteiger partial charge in [0.05, 0.1) is 39.9 Å². The molecule has 0 saturated carbocycles. The van der Waals surface area contributed by atoms with Crippen molar-refractivity contribution in [2.24, 2.45) is 0 Å².